The summed E-state index contributed by atoms with van der Waals surface area (Å²) in [6.45, 7) is 2.78. The first-order valence-electron chi connectivity index (χ1n) is 4.88. The molecular weight excluding hydrogens is 233 g/mol. The molecule has 0 saturated carbocycles. The minimum atomic E-state index is 0.298. The van der Waals surface area contributed by atoms with Crippen molar-refractivity contribution >= 4 is 28.9 Å². The van der Waals surface area contributed by atoms with E-state index in [-0.39, 0.29) is 0 Å². The fraction of sp³-hybridized carbons (Fsp3) is 0.455. The van der Waals surface area contributed by atoms with Crippen LogP contribution in [0.5, 0.6) is 0 Å². The summed E-state index contributed by atoms with van der Waals surface area (Å²) in [4.78, 5) is 0. The maximum absolute atomic E-state index is 5.91. The normalized spacial score (nSPS) is 12.5. The molecule has 0 bridgehead atoms. The molecule has 1 rings (SSSR count). The number of halogens is 2. The molecular formula is C11H15Cl2NO. The molecule has 1 aromatic carbocycles. The number of anilines is 1. The standard InChI is InChI=1S/C11H15Cl2NO/c1-3-8(7-15-2)14-9-4-5-10(12)11(13)6-9/h4-6,8,14H,3,7H2,1-2H3. The van der Waals surface area contributed by atoms with Crippen LogP contribution in [0.4, 0.5) is 5.69 Å². The van der Waals surface area contributed by atoms with Gasteiger partial charge in [-0.2, -0.15) is 0 Å². The van der Waals surface area contributed by atoms with Gasteiger partial charge in [0.05, 0.1) is 16.7 Å². The summed E-state index contributed by atoms with van der Waals surface area (Å²) >= 11 is 11.7. The van der Waals surface area contributed by atoms with E-state index in [9.17, 15) is 0 Å². The molecule has 84 valence electrons. The molecule has 0 spiro atoms. The van der Waals surface area contributed by atoms with Crippen molar-refractivity contribution < 1.29 is 4.74 Å². The van der Waals surface area contributed by atoms with Crippen molar-refractivity contribution in [1.82, 2.24) is 0 Å². The summed E-state index contributed by atoms with van der Waals surface area (Å²) < 4.78 is 5.10. The van der Waals surface area contributed by atoms with E-state index in [1.807, 2.05) is 12.1 Å². The van der Waals surface area contributed by atoms with Gasteiger partial charge in [0.1, 0.15) is 0 Å². The lowest BCUT2D eigenvalue weighted by Gasteiger charge is -2.17. The zero-order valence-corrected chi connectivity index (χ0v) is 10.4. The van der Waals surface area contributed by atoms with Gasteiger partial charge in [-0.3, -0.25) is 0 Å². The Balaban J connectivity index is 2.66. The summed E-state index contributed by atoms with van der Waals surface area (Å²) in [6.07, 6.45) is 0.994. The van der Waals surface area contributed by atoms with E-state index >= 15 is 0 Å². The van der Waals surface area contributed by atoms with Crippen LogP contribution in [-0.4, -0.2) is 19.8 Å². The molecule has 1 N–H and O–H groups in total. The first kappa shape index (κ1) is 12.6. The van der Waals surface area contributed by atoms with Gasteiger partial charge >= 0.3 is 0 Å². The average Bonchev–Trinajstić information content (AvgIpc) is 2.23. The molecule has 4 heteroatoms. The molecule has 0 aromatic heterocycles. The van der Waals surface area contributed by atoms with E-state index in [1.165, 1.54) is 0 Å². The third-order valence-corrected chi connectivity index (χ3v) is 2.89. The molecule has 0 amide bonds. The SMILES string of the molecule is CCC(COC)Nc1ccc(Cl)c(Cl)c1. The van der Waals surface area contributed by atoms with Gasteiger partial charge in [-0.25, -0.2) is 0 Å². The molecule has 0 aliphatic rings. The molecule has 0 saturated heterocycles. The molecule has 1 unspecified atom stereocenters. The Bertz CT molecular complexity index is 317. The summed E-state index contributed by atoms with van der Waals surface area (Å²) in [6, 6.07) is 5.81. The molecule has 2 nitrogen and oxygen atoms in total. The highest BCUT2D eigenvalue weighted by atomic mass is 35.5. The van der Waals surface area contributed by atoms with E-state index in [0.717, 1.165) is 12.1 Å². The van der Waals surface area contributed by atoms with Crippen LogP contribution >= 0.6 is 23.2 Å². The lowest BCUT2D eigenvalue weighted by molar-refractivity contribution is 0.184. The molecule has 0 heterocycles. The van der Waals surface area contributed by atoms with E-state index in [1.54, 1.807) is 13.2 Å². The Labute approximate surface area is 101 Å². The average molecular weight is 248 g/mol. The number of rotatable bonds is 5. The predicted molar refractivity (Wildman–Crippen MR) is 66.0 cm³/mol. The lowest BCUT2D eigenvalue weighted by atomic mass is 10.2. The topological polar surface area (TPSA) is 21.3 Å². The second-order valence-corrected chi connectivity index (χ2v) is 4.15. The van der Waals surface area contributed by atoms with Gasteiger partial charge in [0.2, 0.25) is 0 Å². The van der Waals surface area contributed by atoms with Crippen LogP contribution in [0, 0.1) is 0 Å². The third-order valence-electron chi connectivity index (χ3n) is 2.15. The maximum atomic E-state index is 5.91. The van der Waals surface area contributed by atoms with Gasteiger partial charge in [-0.05, 0) is 24.6 Å². The quantitative estimate of drug-likeness (QED) is 0.854. The number of methoxy groups -OCH3 is 1. The van der Waals surface area contributed by atoms with Crippen LogP contribution in [0.3, 0.4) is 0 Å². The predicted octanol–water partition coefficient (Wildman–Crippen LogP) is 3.83. The summed E-state index contributed by atoms with van der Waals surface area (Å²) in [7, 11) is 1.69. The van der Waals surface area contributed by atoms with Crippen molar-refractivity contribution in [3.63, 3.8) is 0 Å². The van der Waals surface area contributed by atoms with Gasteiger partial charge in [0.25, 0.3) is 0 Å². The number of benzene rings is 1. The molecule has 0 aliphatic carbocycles. The highest BCUT2D eigenvalue weighted by Crippen LogP contribution is 2.25. The Morgan fingerprint density at radius 3 is 2.60 bits per heavy atom. The van der Waals surface area contributed by atoms with Gasteiger partial charge < -0.3 is 10.1 Å². The fourth-order valence-electron chi connectivity index (χ4n) is 1.28. The Hall–Kier alpha value is -0.440. The number of hydrogen-bond acceptors (Lipinski definition) is 2. The van der Waals surface area contributed by atoms with E-state index in [4.69, 9.17) is 27.9 Å². The van der Waals surface area contributed by atoms with Crippen molar-refractivity contribution in [2.75, 3.05) is 19.0 Å². The first-order valence-corrected chi connectivity index (χ1v) is 5.63. The van der Waals surface area contributed by atoms with Crippen molar-refractivity contribution in [3.05, 3.63) is 28.2 Å². The molecule has 0 aliphatic heterocycles. The summed E-state index contributed by atoms with van der Waals surface area (Å²) in [5, 5.41) is 4.46. The third kappa shape index (κ3) is 3.90. The smallest absolute Gasteiger partial charge is 0.0663 e. The molecule has 1 aromatic rings. The lowest BCUT2D eigenvalue weighted by Crippen LogP contribution is -2.23. The monoisotopic (exact) mass is 247 g/mol. The number of nitrogens with one attached hydrogen (secondary N) is 1. The second kappa shape index (κ2) is 6.21. The van der Waals surface area contributed by atoms with Gasteiger partial charge in [0.15, 0.2) is 0 Å². The summed E-state index contributed by atoms with van der Waals surface area (Å²) in [5.74, 6) is 0. The van der Waals surface area contributed by atoms with Crippen LogP contribution < -0.4 is 5.32 Å². The molecule has 15 heavy (non-hydrogen) atoms. The van der Waals surface area contributed by atoms with Crippen LogP contribution in [0.25, 0.3) is 0 Å². The van der Waals surface area contributed by atoms with Gasteiger partial charge in [-0.15, -0.1) is 0 Å². The van der Waals surface area contributed by atoms with Crippen LogP contribution in [0.15, 0.2) is 18.2 Å². The zero-order chi connectivity index (χ0) is 11.3. The van der Waals surface area contributed by atoms with Crippen molar-refractivity contribution in [2.45, 2.75) is 19.4 Å². The Kier molecular flexibility index (Phi) is 5.23. The fourth-order valence-corrected chi connectivity index (χ4v) is 1.58. The minimum Gasteiger partial charge on any atom is -0.383 e. The largest absolute Gasteiger partial charge is 0.383 e. The highest BCUT2D eigenvalue weighted by Gasteiger charge is 2.06. The van der Waals surface area contributed by atoms with Crippen LogP contribution in [-0.2, 0) is 4.74 Å². The van der Waals surface area contributed by atoms with E-state index < -0.39 is 0 Å². The van der Waals surface area contributed by atoms with E-state index in [0.29, 0.717) is 22.7 Å². The van der Waals surface area contributed by atoms with Crippen LogP contribution in [0.1, 0.15) is 13.3 Å². The van der Waals surface area contributed by atoms with Crippen LogP contribution in [0.2, 0.25) is 10.0 Å². The summed E-state index contributed by atoms with van der Waals surface area (Å²) in [5.41, 5.74) is 0.966. The Morgan fingerprint density at radius 2 is 2.07 bits per heavy atom. The molecule has 0 fully saturated rings. The van der Waals surface area contributed by atoms with E-state index in [2.05, 4.69) is 12.2 Å². The molecule has 1 atom stereocenters. The first-order chi connectivity index (χ1) is 7.17. The zero-order valence-electron chi connectivity index (χ0n) is 8.89. The number of hydrogen-bond donors (Lipinski definition) is 1. The second-order valence-electron chi connectivity index (χ2n) is 3.33. The highest BCUT2D eigenvalue weighted by molar-refractivity contribution is 6.42. The van der Waals surface area contributed by atoms with Gasteiger partial charge in [0, 0.05) is 18.8 Å². The Morgan fingerprint density at radius 1 is 1.33 bits per heavy atom. The maximum Gasteiger partial charge on any atom is 0.0663 e. The van der Waals surface area contributed by atoms with Crippen molar-refractivity contribution in [2.24, 2.45) is 0 Å². The van der Waals surface area contributed by atoms with Crippen molar-refractivity contribution in [1.29, 1.82) is 0 Å². The molecule has 0 radical (unpaired) electrons. The minimum absolute atomic E-state index is 0.298. The number of ether oxygens (including phenoxy) is 1. The van der Waals surface area contributed by atoms with Crippen molar-refractivity contribution in [3.8, 4) is 0 Å². The van der Waals surface area contributed by atoms with Gasteiger partial charge in [-0.1, -0.05) is 30.1 Å².